The molecule has 2 nitrogen and oxygen atoms in total. The van der Waals surface area contributed by atoms with Gasteiger partial charge in [-0.25, -0.2) is 4.39 Å². The van der Waals surface area contributed by atoms with Crippen molar-refractivity contribution in [3.8, 4) is 0 Å². The molecule has 1 aromatic carbocycles. The monoisotopic (exact) mass is 283 g/mol. The van der Waals surface area contributed by atoms with E-state index in [1.165, 1.54) is 0 Å². The van der Waals surface area contributed by atoms with Crippen LogP contribution in [0.5, 0.6) is 0 Å². The minimum absolute atomic E-state index is 0.152. The van der Waals surface area contributed by atoms with Gasteiger partial charge in [0.05, 0.1) is 5.56 Å². The maximum absolute atomic E-state index is 14.0. The van der Waals surface area contributed by atoms with Crippen LogP contribution in [0.3, 0.4) is 0 Å². The summed E-state index contributed by atoms with van der Waals surface area (Å²) in [6.45, 7) is 2.38. The molecule has 0 radical (unpaired) electrons. The third-order valence-electron chi connectivity index (χ3n) is 3.75. The van der Waals surface area contributed by atoms with Crippen LogP contribution in [0.2, 0.25) is 0 Å². The molecule has 1 saturated heterocycles. The quantitative estimate of drug-likeness (QED) is 0.774. The van der Waals surface area contributed by atoms with E-state index in [-0.39, 0.29) is 17.5 Å². The molecule has 0 aromatic heterocycles. The van der Waals surface area contributed by atoms with E-state index in [1.807, 2.05) is 0 Å². The second-order valence-corrected chi connectivity index (χ2v) is 5.44. The Bertz CT molecular complexity index is 461. The molecule has 4 heteroatoms. The first-order chi connectivity index (χ1) is 9.15. The zero-order valence-electron chi connectivity index (χ0n) is 11.2. The molecule has 1 aliphatic rings. The highest BCUT2D eigenvalue weighted by atomic mass is 35.5. The van der Waals surface area contributed by atoms with E-state index in [0.717, 1.165) is 25.7 Å². The zero-order chi connectivity index (χ0) is 13.8. The lowest BCUT2D eigenvalue weighted by Gasteiger charge is -2.35. The van der Waals surface area contributed by atoms with Crippen molar-refractivity contribution >= 4 is 17.5 Å². The highest BCUT2D eigenvalue weighted by molar-refractivity contribution is 6.17. The van der Waals surface area contributed by atoms with E-state index in [9.17, 15) is 9.18 Å². The van der Waals surface area contributed by atoms with Gasteiger partial charge in [0.25, 0.3) is 5.91 Å². The van der Waals surface area contributed by atoms with Gasteiger partial charge in [-0.1, -0.05) is 12.1 Å². The van der Waals surface area contributed by atoms with Crippen LogP contribution in [-0.2, 0) is 0 Å². The molecule has 0 N–H and O–H groups in total. The standard InChI is InChI=1S/C15H19ClFNO/c1-11-5-4-7-13(14(11)17)15(19)18-10-3-2-6-12(18)8-9-16/h4-5,7,12H,2-3,6,8-10H2,1H3. The Balaban J connectivity index is 2.23. The average Bonchev–Trinajstić information content (AvgIpc) is 2.42. The van der Waals surface area contributed by atoms with Gasteiger partial charge in [0, 0.05) is 18.5 Å². The van der Waals surface area contributed by atoms with Crippen molar-refractivity contribution in [2.45, 2.75) is 38.6 Å². The molecule has 1 unspecified atom stereocenters. The average molecular weight is 284 g/mol. The van der Waals surface area contributed by atoms with Crippen LogP contribution < -0.4 is 0 Å². The fourth-order valence-electron chi connectivity index (χ4n) is 2.66. The number of carbonyl (C=O) groups excluding carboxylic acids is 1. The molecule has 1 aromatic rings. The topological polar surface area (TPSA) is 20.3 Å². The molecule has 0 aliphatic carbocycles. The Morgan fingerprint density at radius 2 is 2.26 bits per heavy atom. The van der Waals surface area contributed by atoms with Crippen LogP contribution in [0, 0.1) is 12.7 Å². The van der Waals surface area contributed by atoms with E-state index in [2.05, 4.69) is 0 Å². The van der Waals surface area contributed by atoms with Gasteiger partial charge in [-0.3, -0.25) is 4.79 Å². The molecular weight excluding hydrogens is 265 g/mol. The largest absolute Gasteiger partial charge is 0.336 e. The Morgan fingerprint density at radius 3 is 3.00 bits per heavy atom. The minimum atomic E-state index is -0.400. The van der Waals surface area contributed by atoms with Crippen LogP contribution in [-0.4, -0.2) is 29.3 Å². The Kier molecular flexibility index (Phi) is 4.81. The second kappa shape index (κ2) is 6.38. The summed E-state index contributed by atoms with van der Waals surface area (Å²) in [4.78, 5) is 14.3. The predicted octanol–water partition coefficient (Wildman–Crippen LogP) is 3.76. The predicted molar refractivity (Wildman–Crippen MR) is 75.1 cm³/mol. The first-order valence-corrected chi connectivity index (χ1v) is 7.30. The van der Waals surface area contributed by atoms with Crippen LogP contribution in [0.4, 0.5) is 4.39 Å². The molecule has 2 rings (SSSR count). The lowest BCUT2D eigenvalue weighted by Crippen LogP contribution is -2.44. The van der Waals surface area contributed by atoms with Gasteiger partial charge in [0.1, 0.15) is 5.82 Å². The van der Waals surface area contributed by atoms with Crippen molar-refractivity contribution in [2.75, 3.05) is 12.4 Å². The normalized spacial score (nSPS) is 19.5. The lowest BCUT2D eigenvalue weighted by molar-refractivity contribution is 0.0604. The molecule has 1 fully saturated rings. The Morgan fingerprint density at radius 1 is 1.47 bits per heavy atom. The maximum atomic E-state index is 14.0. The molecule has 1 aliphatic heterocycles. The van der Waals surface area contributed by atoms with Crippen LogP contribution in [0.15, 0.2) is 18.2 Å². The summed E-state index contributed by atoms with van der Waals surface area (Å²) in [5.74, 6) is -0.0659. The number of alkyl halides is 1. The number of halogens is 2. The van der Waals surface area contributed by atoms with Crippen molar-refractivity contribution < 1.29 is 9.18 Å². The summed E-state index contributed by atoms with van der Waals surface area (Å²) in [6.07, 6.45) is 3.84. The zero-order valence-corrected chi connectivity index (χ0v) is 11.9. The van der Waals surface area contributed by atoms with Crippen molar-refractivity contribution in [2.24, 2.45) is 0 Å². The fourth-order valence-corrected chi connectivity index (χ4v) is 2.91. The van der Waals surface area contributed by atoms with E-state index in [0.29, 0.717) is 18.0 Å². The number of carbonyl (C=O) groups is 1. The summed E-state index contributed by atoms with van der Waals surface area (Å²) in [7, 11) is 0. The van der Waals surface area contributed by atoms with Gasteiger partial charge in [-0.2, -0.15) is 0 Å². The summed E-state index contributed by atoms with van der Waals surface area (Å²) < 4.78 is 14.0. The van der Waals surface area contributed by atoms with E-state index >= 15 is 0 Å². The SMILES string of the molecule is Cc1cccc(C(=O)N2CCCCC2CCCl)c1F. The summed E-state index contributed by atoms with van der Waals surface area (Å²) in [5.41, 5.74) is 0.693. The molecule has 1 atom stereocenters. The number of piperidine rings is 1. The maximum Gasteiger partial charge on any atom is 0.257 e. The Labute approximate surface area is 118 Å². The van der Waals surface area contributed by atoms with Gasteiger partial charge < -0.3 is 4.90 Å². The molecule has 0 saturated carbocycles. The third kappa shape index (κ3) is 3.08. The number of benzene rings is 1. The van der Waals surface area contributed by atoms with Crippen LogP contribution >= 0.6 is 11.6 Å². The van der Waals surface area contributed by atoms with Crippen molar-refractivity contribution in [3.05, 3.63) is 35.1 Å². The third-order valence-corrected chi connectivity index (χ3v) is 3.97. The van der Waals surface area contributed by atoms with Crippen LogP contribution in [0.25, 0.3) is 0 Å². The summed E-state index contributed by atoms with van der Waals surface area (Å²) >= 11 is 5.80. The molecule has 0 bridgehead atoms. The van der Waals surface area contributed by atoms with Crippen LogP contribution in [0.1, 0.15) is 41.6 Å². The van der Waals surface area contributed by atoms with E-state index < -0.39 is 5.82 Å². The lowest BCUT2D eigenvalue weighted by atomic mass is 9.98. The highest BCUT2D eigenvalue weighted by Gasteiger charge is 2.28. The van der Waals surface area contributed by atoms with Gasteiger partial charge >= 0.3 is 0 Å². The number of amides is 1. The minimum Gasteiger partial charge on any atom is -0.336 e. The summed E-state index contributed by atoms with van der Waals surface area (Å²) in [5, 5.41) is 0. The molecular formula is C15H19ClFNO. The summed E-state index contributed by atoms with van der Waals surface area (Å²) in [6, 6.07) is 5.13. The van der Waals surface area contributed by atoms with Gasteiger partial charge in [-0.05, 0) is 44.2 Å². The number of likely N-dealkylation sites (tertiary alicyclic amines) is 1. The fraction of sp³-hybridized carbons (Fsp3) is 0.533. The first-order valence-electron chi connectivity index (χ1n) is 6.77. The van der Waals surface area contributed by atoms with Crippen molar-refractivity contribution in [1.82, 2.24) is 4.90 Å². The number of rotatable bonds is 3. The number of hydrogen-bond acceptors (Lipinski definition) is 1. The molecule has 19 heavy (non-hydrogen) atoms. The second-order valence-electron chi connectivity index (χ2n) is 5.06. The molecule has 0 spiro atoms. The number of hydrogen-bond donors (Lipinski definition) is 0. The number of aryl methyl sites for hydroxylation is 1. The number of nitrogens with zero attached hydrogens (tertiary/aromatic N) is 1. The highest BCUT2D eigenvalue weighted by Crippen LogP contribution is 2.24. The molecule has 1 amide bonds. The first kappa shape index (κ1) is 14.3. The van der Waals surface area contributed by atoms with E-state index in [4.69, 9.17) is 11.6 Å². The van der Waals surface area contributed by atoms with Crippen molar-refractivity contribution in [1.29, 1.82) is 0 Å². The van der Waals surface area contributed by atoms with Crippen molar-refractivity contribution in [3.63, 3.8) is 0 Å². The molecule has 1 heterocycles. The van der Waals surface area contributed by atoms with Gasteiger partial charge in [0.15, 0.2) is 0 Å². The van der Waals surface area contributed by atoms with Gasteiger partial charge in [0.2, 0.25) is 0 Å². The Hall–Kier alpha value is -1.09. The van der Waals surface area contributed by atoms with E-state index in [1.54, 1.807) is 30.0 Å². The van der Waals surface area contributed by atoms with Gasteiger partial charge in [-0.15, -0.1) is 11.6 Å². The smallest absolute Gasteiger partial charge is 0.257 e. The molecule has 104 valence electrons.